The van der Waals surface area contributed by atoms with Crippen LogP contribution in [0.3, 0.4) is 0 Å². The predicted molar refractivity (Wildman–Crippen MR) is 44.3 cm³/mol. The van der Waals surface area contributed by atoms with Gasteiger partial charge in [-0.15, -0.1) is 0 Å². The second kappa shape index (κ2) is 4.02. The van der Waals surface area contributed by atoms with E-state index in [4.69, 9.17) is 9.63 Å². The van der Waals surface area contributed by atoms with Crippen molar-refractivity contribution < 1.29 is 14.4 Å². The van der Waals surface area contributed by atoms with E-state index >= 15 is 0 Å². The summed E-state index contributed by atoms with van der Waals surface area (Å²) >= 11 is 0. The molecule has 0 amide bonds. The lowest BCUT2D eigenvalue weighted by molar-refractivity contribution is -0.138. The Balaban J connectivity index is 2.73. The van der Waals surface area contributed by atoms with E-state index in [0.717, 1.165) is 12.8 Å². The molecule has 1 aromatic heterocycles. The molecule has 0 saturated heterocycles. The first-order valence-electron chi connectivity index (χ1n) is 4.20. The zero-order valence-corrected chi connectivity index (χ0v) is 7.65. The fourth-order valence-electron chi connectivity index (χ4n) is 0.874. The van der Waals surface area contributed by atoms with Gasteiger partial charge in [0, 0.05) is 6.42 Å². The minimum atomic E-state index is -0.952. The Morgan fingerprint density at radius 3 is 2.92 bits per heavy atom. The number of carboxylic acid groups (broad SMARTS) is 1. The van der Waals surface area contributed by atoms with Crippen LogP contribution in [0, 0.1) is 0 Å². The molecule has 0 spiro atoms. The maximum atomic E-state index is 10.5. The first kappa shape index (κ1) is 9.70. The van der Waals surface area contributed by atoms with Gasteiger partial charge in [-0.1, -0.05) is 12.1 Å². The fraction of sp³-hybridized carbons (Fsp3) is 0.625. The van der Waals surface area contributed by atoms with E-state index in [2.05, 4.69) is 10.1 Å². The summed E-state index contributed by atoms with van der Waals surface area (Å²) in [7, 11) is 0. The second-order valence-corrected chi connectivity index (χ2v) is 2.86. The molecule has 0 aliphatic rings. The SMILES string of the molecule is CCCc1noc(C(C)C(=O)O)n1. The maximum absolute atomic E-state index is 10.5. The van der Waals surface area contributed by atoms with Crippen molar-refractivity contribution in [3.8, 4) is 0 Å². The van der Waals surface area contributed by atoms with E-state index in [0.29, 0.717) is 5.82 Å². The molecule has 0 fully saturated rings. The normalized spacial score (nSPS) is 12.8. The van der Waals surface area contributed by atoms with Gasteiger partial charge in [0.25, 0.3) is 0 Å². The molecule has 1 atom stereocenters. The molecular formula is C8H12N2O3. The standard InChI is InChI=1S/C8H12N2O3/c1-3-4-6-9-7(13-10-6)5(2)8(11)12/h5H,3-4H2,1-2H3,(H,11,12). The van der Waals surface area contributed by atoms with Crippen molar-refractivity contribution in [1.82, 2.24) is 10.1 Å². The van der Waals surface area contributed by atoms with E-state index < -0.39 is 11.9 Å². The molecule has 5 heteroatoms. The van der Waals surface area contributed by atoms with E-state index in [9.17, 15) is 4.79 Å². The van der Waals surface area contributed by atoms with Crippen LogP contribution in [0.15, 0.2) is 4.52 Å². The van der Waals surface area contributed by atoms with Gasteiger partial charge in [0.05, 0.1) is 0 Å². The lowest BCUT2D eigenvalue weighted by Gasteiger charge is -1.96. The molecule has 13 heavy (non-hydrogen) atoms. The summed E-state index contributed by atoms with van der Waals surface area (Å²) in [4.78, 5) is 14.5. The molecule has 0 aromatic carbocycles. The highest BCUT2D eigenvalue weighted by Gasteiger charge is 2.20. The monoisotopic (exact) mass is 184 g/mol. The van der Waals surface area contributed by atoms with Crippen LogP contribution in [-0.4, -0.2) is 21.2 Å². The highest BCUT2D eigenvalue weighted by molar-refractivity contribution is 5.73. The van der Waals surface area contributed by atoms with Gasteiger partial charge in [0.1, 0.15) is 5.92 Å². The Morgan fingerprint density at radius 2 is 2.38 bits per heavy atom. The summed E-state index contributed by atoms with van der Waals surface area (Å²) in [5, 5.41) is 12.3. The lowest BCUT2D eigenvalue weighted by Crippen LogP contribution is -2.07. The number of rotatable bonds is 4. The second-order valence-electron chi connectivity index (χ2n) is 2.86. The van der Waals surface area contributed by atoms with Gasteiger partial charge in [-0.05, 0) is 13.3 Å². The third-order valence-electron chi connectivity index (χ3n) is 1.70. The van der Waals surface area contributed by atoms with Gasteiger partial charge in [0.15, 0.2) is 5.82 Å². The van der Waals surface area contributed by atoms with E-state index in [1.54, 1.807) is 0 Å². The Labute approximate surface area is 75.8 Å². The molecule has 0 radical (unpaired) electrons. The smallest absolute Gasteiger partial charge is 0.315 e. The number of aryl methyl sites for hydroxylation is 1. The van der Waals surface area contributed by atoms with Crippen molar-refractivity contribution in [3.05, 3.63) is 11.7 Å². The molecule has 5 nitrogen and oxygen atoms in total. The van der Waals surface area contributed by atoms with Gasteiger partial charge in [-0.2, -0.15) is 4.98 Å². The summed E-state index contributed by atoms with van der Waals surface area (Å²) in [5.74, 6) is -0.925. The molecule has 0 bridgehead atoms. The van der Waals surface area contributed by atoms with Crippen LogP contribution in [0.1, 0.15) is 37.9 Å². The average Bonchev–Trinajstić information content (AvgIpc) is 2.52. The fourth-order valence-corrected chi connectivity index (χ4v) is 0.874. The molecule has 0 saturated carbocycles. The molecule has 0 aliphatic carbocycles. The van der Waals surface area contributed by atoms with E-state index in [1.807, 2.05) is 6.92 Å². The topological polar surface area (TPSA) is 76.2 Å². The zero-order chi connectivity index (χ0) is 9.84. The maximum Gasteiger partial charge on any atom is 0.315 e. The van der Waals surface area contributed by atoms with E-state index in [1.165, 1.54) is 6.92 Å². The van der Waals surface area contributed by atoms with Gasteiger partial charge >= 0.3 is 5.97 Å². The van der Waals surface area contributed by atoms with Crippen molar-refractivity contribution >= 4 is 5.97 Å². The summed E-state index contributed by atoms with van der Waals surface area (Å²) in [5.41, 5.74) is 0. The van der Waals surface area contributed by atoms with Gasteiger partial charge in [-0.3, -0.25) is 4.79 Å². The summed E-state index contributed by atoms with van der Waals surface area (Å²) in [6.07, 6.45) is 1.64. The zero-order valence-electron chi connectivity index (χ0n) is 7.65. The van der Waals surface area contributed by atoms with Crippen LogP contribution < -0.4 is 0 Å². The Kier molecular flexibility index (Phi) is 3.00. The van der Waals surface area contributed by atoms with Crippen LogP contribution in [0.5, 0.6) is 0 Å². The number of carboxylic acids is 1. The Hall–Kier alpha value is -1.39. The molecule has 1 unspecified atom stereocenters. The number of hydrogen-bond donors (Lipinski definition) is 1. The van der Waals surface area contributed by atoms with Crippen LogP contribution in [0.25, 0.3) is 0 Å². The number of aliphatic carboxylic acids is 1. The molecule has 1 N–H and O–H groups in total. The summed E-state index contributed by atoms with van der Waals surface area (Å²) in [6, 6.07) is 0. The minimum absolute atomic E-state index is 0.177. The van der Waals surface area contributed by atoms with Crippen molar-refractivity contribution in [2.75, 3.05) is 0 Å². The van der Waals surface area contributed by atoms with Gasteiger partial charge in [-0.25, -0.2) is 0 Å². The Morgan fingerprint density at radius 1 is 1.69 bits per heavy atom. The van der Waals surface area contributed by atoms with Crippen molar-refractivity contribution in [2.45, 2.75) is 32.6 Å². The largest absolute Gasteiger partial charge is 0.481 e. The van der Waals surface area contributed by atoms with Crippen molar-refractivity contribution in [1.29, 1.82) is 0 Å². The van der Waals surface area contributed by atoms with E-state index in [-0.39, 0.29) is 5.89 Å². The van der Waals surface area contributed by atoms with Gasteiger partial charge in [0.2, 0.25) is 5.89 Å². The third kappa shape index (κ3) is 2.27. The van der Waals surface area contributed by atoms with Crippen LogP contribution in [0.2, 0.25) is 0 Å². The molecule has 72 valence electrons. The highest BCUT2D eigenvalue weighted by atomic mass is 16.5. The number of hydrogen-bond acceptors (Lipinski definition) is 4. The third-order valence-corrected chi connectivity index (χ3v) is 1.70. The number of nitrogens with zero attached hydrogens (tertiary/aromatic N) is 2. The number of aromatic nitrogens is 2. The first-order valence-corrected chi connectivity index (χ1v) is 4.20. The molecule has 1 rings (SSSR count). The van der Waals surface area contributed by atoms with Crippen LogP contribution >= 0.6 is 0 Å². The molecular weight excluding hydrogens is 172 g/mol. The molecule has 1 aromatic rings. The minimum Gasteiger partial charge on any atom is -0.481 e. The van der Waals surface area contributed by atoms with Crippen molar-refractivity contribution in [3.63, 3.8) is 0 Å². The lowest BCUT2D eigenvalue weighted by atomic mass is 10.2. The van der Waals surface area contributed by atoms with Gasteiger partial charge < -0.3 is 9.63 Å². The first-order chi connectivity index (χ1) is 6.15. The Bertz CT molecular complexity index is 295. The average molecular weight is 184 g/mol. The molecule has 1 heterocycles. The molecule has 0 aliphatic heterocycles. The van der Waals surface area contributed by atoms with Crippen LogP contribution in [0.4, 0.5) is 0 Å². The van der Waals surface area contributed by atoms with Crippen LogP contribution in [-0.2, 0) is 11.2 Å². The number of carbonyl (C=O) groups is 1. The predicted octanol–water partition coefficient (Wildman–Crippen LogP) is 1.21. The summed E-state index contributed by atoms with van der Waals surface area (Å²) < 4.78 is 4.80. The highest BCUT2D eigenvalue weighted by Crippen LogP contribution is 2.12. The quantitative estimate of drug-likeness (QED) is 0.761. The van der Waals surface area contributed by atoms with Crippen molar-refractivity contribution in [2.24, 2.45) is 0 Å². The summed E-state index contributed by atoms with van der Waals surface area (Å²) in [6.45, 7) is 3.52.